The van der Waals surface area contributed by atoms with Gasteiger partial charge < -0.3 is 15.3 Å². The van der Waals surface area contributed by atoms with Crippen molar-refractivity contribution in [2.75, 3.05) is 25.5 Å². The number of aromatic nitrogens is 2. The number of rotatable bonds is 3. The largest absolute Gasteiger partial charge is 0.507 e. The van der Waals surface area contributed by atoms with Gasteiger partial charge >= 0.3 is 0 Å². The van der Waals surface area contributed by atoms with Gasteiger partial charge in [-0.3, -0.25) is 0 Å². The maximum atomic E-state index is 14.1. The van der Waals surface area contributed by atoms with Gasteiger partial charge in [0.2, 0.25) is 0 Å². The number of aryl methyl sites for hydroxylation is 1. The molecule has 0 spiro atoms. The van der Waals surface area contributed by atoms with E-state index in [1.165, 1.54) is 24.1 Å². The van der Waals surface area contributed by atoms with Crippen LogP contribution in [0.15, 0.2) is 12.1 Å². The molecule has 144 valence electrons. The molecule has 2 aliphatic rings. The zero-order valence-electron chi connectivity index (χ0n) is 16.1. The second-order valence-electron chi connectivity index (χ2n) is 7.93. The molecular weight excluding hydrogens is 343 g/mol. The van der Waals surface area contributed by atoms with Crippen LogP contribution in [0.5, 0.6) is 5.75 Å². The Morgan fingerprint density at radius 1 is 1.15 bits per heavy atom. The van der Waals surface area contributed by atoms with Crippen LogP contribution in [0.3, 0.4) is 0 Å². The van der Waals surface area contributed by atoms with Crippen LogP contribution in [0.4, 0.5) is 10.2 Å². The molecule has 6 heteroatoms. The fourth-order valence-corrected chi connectivity index (χ4v) is 4.31. The van der Waals surface area contributed by atoms with Crippen molar-refractivity contribution in [2.45, 2.75) is 51.5 Å². The summed E-state index contributed by atoms with van der Waals surface area (Å²) in [5.74, 6) is 0.591. The summed E-state index contributed by atoms with van der Waals surface area (Å²) in [5.41, 5.74) is 3.76. The topological polar surface area (TPSA) is 61.3 Å². The third-order valence-electron chi connectivity index (χ3n) is 5.79. The molecule has 1 aromatic carbocycles. The van der Waals surface area contributed by atoms with Gasteiger partial charge in [-0.15, -0.1) is 10.2 Å². The van der Waals surface area contributed by atoms with Crippen LogP contribution >= 0.6 is 0 Å². The minimum atomic E-state index is -0.332. The van der Waals surface area contributed by atoms with E-state index in [9.17, 15) is 9.50 Å². The van der Waals surface area contributed by atoms with Crippen LogP contribution in [-0.4, -0.2) is 46.4 Å². The van der Waals surface area contributed by atoms with E-state index in [2.05, 4.69) is 27.5 Å². The van der Waals surface area contributed by atoms with Crippen molar-refractivity contribution < 1.29 is 9.50 Å². The van der Waals surface area contributed by atoms with E-state index in [0.29, 0.717) is 22.9 Å². The number of nitrogens with one attached hydrogen (secondary N) is 1. The summed E-state index contributed by atoms with van der Waals surface area (Å²) >= 11 is 0. The highest BCUT2D eigenvalue weighted by Gasteiger charge is 2.25. The molecule has 1 unspecified atom stereocenters. The van der Waals surface area contributed by atoms with Crippen LogP contribution in [0.25, 0.3) is 11.3 Å². The molecule has 0 bridgehead atoms. The van der Waals surface area contributed by atoms with E-state index in [-0.39, 0.29) is 11.6 Å². The Balaban J connectivity index is 1.72. The summed E-state index contributed by atoms with van der Waals surface area (Å²) in [5, 5.41) is 22.9. The first-order chi connectivity index (χ1) is 13.0. The van der Waals surface area contributed by atoms with Gasteiger partial charge in [-0.1, -0.05) is 0 Å². The third-order valence-corrected chi connectivity index (χ3v) is 5.79. The Morgan fingerprint density at radius 3 is 2.70 bits per heavy atom. The predicted molar refractivity (Wildman–Crippen MR) is 105 cm³/mol. The van der Waals surface area contributed by atoms with Crippen molar-refractivity contribution in [3.05, 3.63) is 34.6 Å². The first kappa shape index (κ1) is 18.2. The van der Waals surface area contributed by atoms with Crippen LogP contribution in [0.2, 0.25) is 0 Å². The van der Waals surface area contributed by atoms with Gasteiger partial charge in [-0.25, -0.2) is 4.39 Å². The fraction of sp³-hybridized carbons (Fsp3) is 0.524. The van der Waals surface area contributed by atoms with Crippen molar-refractivity contribution in [3.63, 3.8) is 0 Å². The van der Waals surface area contributed by atoms with Gasteiger partial charge in [0, 0.05) is 23.7 Å². The number of aromatic hydroxyl groups is 1. The Morgan fingerprint density at radius 2 is 1.93 bits per heavy atom. The molecule has 0 saturated carbocycles. The molecule has 27 heavy (non-hydrogen) atoms. The second-order valence-corrected chi connectivity index (χ2v) is 7.93. The van der Waals surface area contributed by atoms with Gasteiger partial charge in [0.25, 0.3) is 0 Å². The Labute approximate surface area is 159 Å². The number of likely N-dealkylation sites (tertiary alicyclic amines) is 1. The number of likely N-dealkylation sites (N-methyl/N-ethyl adjacent to an activating group) is 1. The van der Waals surface area contributed by atoms with Gasteiger partial charge in [0.1, 0.15) is 17.3 Å². The van der Waals surface area contributed by atoms with Crippen LogP contribution < -0.4 is 5.32 Å². The Kier molecular flexibility index (Phi) is 5.00. The van der Waals surface area contributed by atoms with E-state index in [4.69, 9.17) is 0 Å². The smallest absolute Gasteiger partial charge is 0.152 e. The number of anilines is 1. The summed E-state index contributed by atoms with van der Waals surface area (Å²) in [7, 11) is 2.15. The monoisotopic (exact) mass is 370 g/mol. The van der Waals surface area contributed by atoms with Crippen LogP contribution in [0, 0.1) is 12.7 Å². The number of piperidine rings is 1. The average molecular weight is 370 g/mol. The lowest BCUT2D eigenvalue weighted by Crippen LogP contribution is -2.40. The molecule has 1 fully saturated rings. The molecule has 1 aliphatic heterocycles. The molecule has 1 aromatic heterocycles. The number of benzene rings is 1. The van der Waals surface area contributed by atoms with Crippen molar-refractivity contribution >= 4 is 5.82 Å². The summed E-state index contributed by atoms with van der Waals surface area (Å²) in [6.45, 7) is 3.79. The number of halogens is 1. The van der Waals surface area contributed by atoms with Gasteiger partial charge in [-0.2, -0.15) is 0 Å². The maximum absolute atomic E-state index is 14.1. The fourth-order valence-electron chi connectivity index (χ4n) is 4.31. The van der Waals surface area contributed by atoms with Gasteiger partial charge in [-0.05, 0) is 82.3 Å². The van der Waals surface area contributed by atoms with E-state index in [1.54, 1.807) is 6.92 Å². The highest BCUT2D eigenvalue weighted by Crippen LogP contribution is 2.37. The number of hydrogen-bond donors (Lipinski definition) is 2. The van der Waals surface area contributed by atoms with Gasteiger partial charge in [0.15, 0.2) is 5.82 Å². The van der Waals surface area contributed by atoms with Crippen LogP contribution in [-0.2, 0) is 12.8 Å². The number of fused-ring (bicyclic) bond motifs is 1. The summed E-state index contributed by atoms with van der Waals surface area (Å²) in [6, 6.07) is 3.22. The molecular formula is C21H27FN4O. The normalized spacial score (nSPS) is 20.3. The summed E-state index contributed by atoms with van der Waals surface area (Å²) < 4.78 is 14.1. The number of phenols is 1. The lowest BCUT2D eigenvalue weighted by Gasteiger charge is -2.31. The zero-order valence-corrected chi connectivity index (χ0v) is 16.1. The first-order valence-corrected chi connectivity index (χ1v) is 9.86. The summed E-state index contributed by atoms with van der Waals surface area (Å²) in [6.07, 6.45) is 6.33. The highest BCUT2D eigenvalue weighted by molar-refractivity contribution is 5.73. The van der Waals surface area contributed by atoms with E-state index >= 15 is 0 Å². The lowest BCUT2D eigenvalue weighted by molar-refractivity contribution is 0.260. The van der Waals surface area contributed by atoms with Gasteiger partial charge in [0.05, 0.1) is 0 Å². The Bertz CT molecular complexity index is 855. The Hall–Kier alpha value is -2.21. The van der Waals surface area contributed by atoms with Crippen LogP contribution in [0.1, 0.15) is 42.4 Å². The van der Waals surface area contributed by atoms with E-state index in [1.807, 2.05) is 0 Å². The van der Waals surface area contributed by atoms with Crippen molar-refractivity contribution in [1.29, 1.82) is 0 Å². The minimum absolute atomic E-state index is 0.0607. The molecule has 4 rings (SSSR count). The predicted octanol–water partition coefficient (Wildman–Crippen LogP) is 3.68. The van der Waals surface area contributed by atoms with Crippen molar-refractivity contribution in [3.8, 4) is 17.0 Å². The minimum Gasteiger partial charge on any atom is -0.507 e. The molecule has 1 atom stereocenters. The average Bonchev–Trinajstić information content (AvgIpc) is 2.65. The maximum Gasteiger partial charge on any atom is 0.152 e. The first-order valence-electron chi connectivity index (χ1n) is 9.86. The number of phenolic OH excluding ortho intramolecular Hbond substituents is 1. The summed E-state index contributed by atoms with van der Waals surface area (Å²) in [4.78, 5) is 2.34. The molecule has 1 aliphatic carbocycles. The number of nitrogens with zero attached hydrogens (tertiary/aromatic N) is 3. The molecule has 0 amide bonds. The quantitative estimate of drug-likeness (QED) is 0.863. The molecule has 2 N–H and O–H groups in total. The SMILES string of the molecule is Cc1cc(O)c(-c2nnc(NC3CCCN(C)C3)c3c2CCCC3)cc1F. The van der Waals surface area contributed by atoms with Crippen molar-refractivity contribution in [2.24, 2.45) is 0 Å². The molecule has 2 aromatic rings. The lowest BCUT2D eigenvalue weighted by atomic mass is 9.88. The molecule has 5 nitrogen and oxygen atoms in total. The van der Waals surface area contributed by atoms with E-state index in [0.717, 1.165) is 56.6 Å². The van der Waals surface area contributed by atoms with Crippen molar-refractivity contribution in [1.82, 2.24) is 15.1 Å². The highest BCUT2D eigenvalue weighted by atomic mass is 19.1. The number of hydrogen-bond acceptors (Lipinski definition) is 5. The zero-order chi connectivity index (χ0) is 19.0. The standard InChI is InChI=1S/C21H27FN4O/c1-13-10-19(27)17(11-18(13)22)20-15-7-3-4-8-16(15)21(25-24-20)23-14-6-5-9-26(2)12-14/h10-11,14,27H,3-9,12H2,1-2H3,(H,23,25). The second kappa shape index (κ2) is 7.43. The molecule has 1 saturated heterocycles. The molecule has 0 radical (unpaired) electrons. The third kappa shape index (κ3) is 3.63. The molecule has 2 heterocycles. The van der Waals surface area contributed by atoms with E-state index < -0.39 is 0 Å².